The van der Waals surface area contributed by atoms with Gasteiger partial charge in [-0.05, 0) is 65.4 Å². The summed E-state index contributed by atoms with van der Waals surface area (Å²) in [5, 5.41) is 2.56. The van der Waals surface area contributed by atoms with Gasteiger partial charge < -0.3 is 4.57 Å². The molecule has 0 saturated heterocycles. The lowest BCUT2D eigenvalue weighted by atomic mass is 9.92. The normalized spacial score (nSPS) is 11.6. The van der Waals surface area contributed by atoms with Crippen LogP contribution in [0, 0.1) is 0 Å². The van der Waals surface area contributed by atoms with Crippen LogP contribution in [-0.4, -0.2) is 14.5 Å². The van der Waals surface area contributed by atoms with Crippen LogP contribution >= 0.6 is 11.3 Å². The van der Waals surface area contributed by atoms with Crippen molar-refractivity contribution in [3.63, 3.8) is 0 Å². The molecular weight excluding hydrogens is 617 g/mol. The molecule has 8 aromatic rings. The standard InChI is InChI=1S/C44H38N4S/c1-29(2)34-19-11-20-35(30(3)4)43(34)47-27-40(45-28-47)31-14-10-17-33(26-31)48(32-15-6-5-7-16-32)42-25-13-23-39(46-42)38-22-12-21-37-36-18-8-9-24-41(36)49-44(37)38/h5-30H,1-4H3. The summed E-state index contributed by atoms with van der Waals surface area (Å²) in [6.45, 7) is 9.03. The molecule has 0 unspecified atom stereocenters. The minimum Gasteiger partial charge on any atom is -0.305 e. The fraction of sp³-hybridized carbons (Fsp3) is 0.136. The first-order chi connectivity index (χ1) is 24.0. The second-order valence-corrected chi connectivity index (χ2v) is 14.2. The Labute approximate surface area is 292 Å². The van der Waals surface area contributed by atoms with Gasteiger partial charge in [0.1, 0.15) is 5.82 Å². The Bertz CT molecular complexity index is 2390. The quantitative estimate of drug-likeness (QED) is 0.163. The van der Waals surface area contributed by atoms with Crippen molar-refractivity contribution in [2.45, 2.75) is 39.5 Å². The van der Waals surface area contributed by atoms with Crippen molar-refractivity contribution in [3.05, 3.63) is 157 Å². The Morgan fingerprint density at radius 3 is 2.08 bits per heavy atom. The number of benzene rings is 5. The number of hydrogen-bond donors (Lipinski definition) is 0. The number of thiophene rings is 1. The molecule has 0 N–H and O–H groups in total. The van der Waals surface area contributed by atoms with Gasteiger partial charge in [-0.25, -0.2) is 9.97 Å². The Morgan fingerprint density at radius 1 is 0.612 bits per heavy atom. The predicted octanol–water partition coefficient (Wildman–Crippen LogP) is 12.7. The van der Waals surface area contributed by atoms with E-state index in [1.165, 1.54) is 37.0 Å². The zero-order valence-electron chi connectivity index (χ0n) is 28.2. The maximum absolute atomic E-state index is 5.33. The summed E-state index contributed by atoms with van der Waals surface area (Å²) in [4.78, 5) is 12.5. The molecule has 0 radical (unpaired) electrons. The van der Waals surface area contributed by atoms with Crippen LogP contribution < -0.4 is 4.90 Å². The molecule has 49 heavy (non-hydrogen) atoms. The molecule has 0 atom stereocenters. The number of para-hydroxylation sites is 2. The molecule has 240 valence electrons. The molecule has 0 fully saturated rings. The molecule has 0 aliphatic carbocycles. The highest BCUT2D eigenvalue weighted by Gasteiger charge is 2.19. The van der Waals surface area contributed by atoms with Gasteiger partial charge in [-0.3, -0.25) is 4.90 Å². The first-order valence-corrected chi connectivity index (χ1v) is 17.8. The lowest BCUT2D eigenvalue weighted by Crippen LogP contribution is -2.11. The molecule has 0 aliphatic rings. The zero-order chi connectivity index (χ0) is 33.5. The van der Waals surface area contributed by atoms with E-state index in [0.717, 1.165) is 39.7 Å². The minimum atomic E-state index is 0.399. The number of aromatic nitrogens is 3. The van der Waals surface area contributed by atoms with Crippen molar-refractivity contribution in [2.24, 2.45) is 0 Å². The summed E-state index contributed by atoms with van der Waals surface area (Å²) < 4.78 is 4.76. The average molecular weight is 655 g/mol. The maximum Gasteiger partial charge on any atom is 0.138 e. The monoisotopic (exact) mass is 654 g/mol. The lowest BCUT2D eigenvalue weighted by molar-refractivity contribution is 0.805. The molecule has 5 aromatic carbocycles. The van der Waals surface area contributed by atoms with E-state index in [2.05, 4.69) is 177 Å². The van der Waals surface area contributed by atoms with Gasteiger partial charge in [0.2, 0.25) is 0 Å². The lowest BCUT2D eigenvalue weighted by Gasteiger charge is -2.25. The van der Waals surface area contributed by atoms with E-state index in [1.54, 1.807) is 0 Å². The molecule has 3 aromatic heterocycles. The van der Waals surface area contributed by atoms with Gasteiger partial charge in [-0.2, -0.15) is 0 Å². The summed E-state index contributed by atoms with van der Waals surface area (Å²) >= 11 is 1.83. The summed E-state index contributed by atoms with van der Waals surface area (Å²) in [7, 11) is 0. The van der Waals surface area contributed by atoms with Crippen LogP contribution in [0.25, 0.3) is 48.4 Å². The van der Waals surface area contributed by atoms with E-state index in [-0.39, 0.29) is 0 Å². The van der Waals surface area contributed by atoms with Crippen molar-refractivity contribution >= 4 is 48.7 Å². The molecule has 3 heterocycles. The van der Waals surface area contributed by atoms with Crippen molar-refractivity contribution in [2.75, 3.05) is 4.90 Å². The van der Waals surface area contributed by atoms with Crippen LogP contribution in [0.2, 0.25) is 0 Å². The van der Waals surface area contributed by atoms with E-state index >= 15 is 0 Å². The van der Waals surface area contributed by atoms with Gasteiger partial charge in [0.25, 0.3) is 0 Å². The number of fused-ring (bicyclic) bond motifs is 3. The highest BCUT2D eigenvalue weighted by Crippen LogP contribution is 2.41. The van der Waals surface area contributed by atoms with Gasteiger partial charge in [0, 0.05) is 48.9 Å². The SMILES string of the molecule is CC(C)c1cccc(C(C)C)c1-n1cnc(-c2cccc(N(c3ccccc3)c3cccc(-c4cccc5c4sc4ccccc45)n3)c2)c1. The third kappa shape index (κ3) is 5.70. The smallest absolute Gasteiger partial charge is 0.138 e. The van der Waals surface area contributed by atoms with Crippen molar-refractivity contribution in [3.8, 4) is 28.2 Å². The molecule has 8 rings (SSSR count). The number of nitrogens with zero attached hydrogens (tertiary/aromatic N) is 4. The number of pyridine rings is 1. The minimum absolute atomic E-state index is 0.399. The summed E-state index contributed by atoms with van der Waals surface area (Å²) in [6.07, 6.45) is 4.13. The Morgan fingerprint density at radius 2 is 1.29 bits per heavy atom. The van der Waals surface area contributed by atoms with E-state index in [1.807, 2.05) is 17.7 Å². The van der Waals surface area contributed by atoms with Crippen LogP contribution in [0.3, 0.4) is 0 Å². The number of hydrogen-bond acceptors (Lipinski definition) is 4. The summed E-state index contributed by atoms with van der Waals surface area (Å²) in [5.41, 5.74) is 10.1. The highest BCUT2D eigenvalue weighted by atomic mass is 32.1. The first kappa shape index (κ1) is 30.8. The molecule has 4 nitrogen and oxygen atoms in total. The van der Waals surface area contributed by atoms with Crippen LogP contribution in [0.4, 0.5) is 17.2 Å². The van der Waals surface area contributed by atoms with Gasteiger partial charge in [-0.1, -0.05) is 119 Å². The van der Waals surface area contributed by atoms with Crippen molar-refractivity contribution in [1.82, 2.24) is 14.5 Å². The van der Waals surface area contributed by atoms with Gasteiger partial charge in [0.15, 0.2) is 0 Å². The number of imidazole rings is 1. The Hall–Kier alpha value is -5.52. The topological polar surface area (TPSA) is 34.0 Å². The van der Waals surface area contributed by atoms with E-state index in [4.69, 9.17) is 9.97 Å². The van der Waals surface area contributed by atoms with Gasteiger partial charge in [0.05, 0.1) is 23.4 Å². The van der Waals surface area contributed by atoms with E-state index in [9.17, 15) is 0 Å². The van der Waals surface area contributed by atoms with Crippen molar-refractivity contribution in [1.29, 1.82) is 0 Å². The molecular formula is C44H38N4S. The molecule has 0 spiro atoms. The largest absolute Gasteiger partial charge is 0.305 e. The fourth-order valence-corrected chi connectivity index (χ4v) is 8.07. The summed E-state index contributed by atoms with van der Waals surface area (Å²) in [5.74, 6) is 1.66. The van der Waals surface area contributed by atoms with Gasteiger partial charge >= 0.3 is 0 Å². The van der Waals surface area contributed by atoms with E-state index < -0.39 is 0 Å². The van der Waals surface area contributed by atoms with Crippen LogP contribution in [0.1, 0.15) is 50.7 Å². The molecule has 0 amide bonds. The third-order valence-corrected chi connectivity index (χ3v) is 10.5. The number of anilines is 3. The van der Waals surface area contributed by atoms with Gasteiger partial charge in [-0.15, -0.1) is 11.3 Å². The van der Waals surface area contributed by atoms with Crippen molar-refractivity contribution < 1.29 is 0 Å². The fourth-order valence-electron chi connectivity index (χ4n) is 6.85. The molecule has 0 saturated carbocycles. The maximum atomic E-state index is 5.33. The molecule has 0 bridgehead atoms. The highest BCUT2D eigenvalue weighted by molar-refractivity contribution is 7.26. The second kappa shape index (κ2) is 12.8. The first-order valence-electron chi connectivity index (χ1n) is 17.0. The van der Waals surface area contributed by atoms with Crippen LogP contribution in [0.15, 0.2) is 146 Å². The third-order valence-electron chi connectivity index (χ3n) is 9.24. The van der Waals surface area contributed by atoms with Crippen LogP contribution in [0.5, 0.6) is 0 Å². The molecule has 0 aliphatic heterocycles. The summed E-state index contributed by atoms with van der Waals surface area (Å²) in [6, 6.07) is 47.3. The number of rotatable bonds is 8. The second-order valence-electron chi connectivity index (χ2n) is 13.1. The Balaban J connectivity index is 1.22. The van der Waals surface area contributed by atoms with E-state index in [0.29, 0.717) is 11.8 Å². The predicted molar refractivity (Wildman–Crippen MR) is 208 cm³/mol. The zero-order valence-corrected chi connectivity index (χ0v) is 29.0. The van der Waals surface area contributed by atoms with Crippen LogP contribution in [-0.2, 0) is 0 Å². The Kier molecular flexibility index (Phi) is 8.06. The molecule has 5 heteroatoms. The average Bonchev–Trinajstić information content (AvgIpc) is 3.78.